The van der Waals surface area contributed by atoms with Gasteiger partial charge >= 0.3 is 0 Å². The molecule has 70 valence electrons. The van der Waals surface area contributed by atoms with Crippen molar-refractivity contribution in [2.75, 3.05) is 0 Å². The third kappa shape index (κ3) is 2.86. The second kappa shape index (κ2) is 4.03. The number of halogens is 1. The van der Waals surface area contributed by atoms with Crippen LogP contribution in [0.4, 0.5) is 4.39 Å². The van der Waals surface area contributed by atoms with Crippen LogP contribution in [0.1, 0.15) is 12.5 Å². The summed E-state index contributed by atoms with van der Waals surface area (Å²) >= 11 is 0. The van der Waals surface area contributed by atoms with Gasteiger partial charge in [0.25, 0.3) is 0 Å². The SMILES string of the molecule is CC(Cc1cccc(F)c1)C(N)=O. The molecule has 0 heterocycles. The van der Waals surface area contributed by atoms with Crippen LogP contribution in [0, 0.1) is 11.7 Å². The molecule has 1 aromatic carbocycles. The Bertz CT molecular complexity index is 312. The fourth-order valence-electron chi connectivity index (χ4n) is 1.12. The van der Waals surface area contributed by atoms with Crippen LogP contribution in [-0.4, -0.2) is 5.91 Å². The molecular weight excluding hydrogens is 169 g/mol. The summed E-state index contributed by atoms with van der Waals surface area (Å²) in [7, 11) is 0. The van der Waals surface area contributed by atoms with Gasteiger partial charge in [0.15, 0.2) is 0 Å². The molecule has 0 saturated carbocycles. The van der Waals surface area contributed by atoms with Gasteiger partial charge in [0, 0.05) is 5.92 Å². The summed E-state index contributed by atoms with van der Waals surface area (Å²) in [6.07, 6.45) is 0.493. The number of primary amides is 1. The van der Waals surface area contributed by atoms with E-state index in [9.17, 15) is 9.18 Å². The Balaban J connectivity index is 2.69. The number of benzene rings is 1. The smallest absolute Gasteiger partial charge is 0.220 e. The molecule has 3 heteroatoms. The van der Waals surface area contributed by atoms with Gasteiger partial charge in [0.1, 0.15) is 5.82 Å². The monoisotopic (exact) mass is 181 g/mol. The molecule has 2 N–H and O–H groups in total. The van der Waals surface area contributed by atoms with Crippen LogP contribution in [0.3, 0.4) is 0 Å². The van der Waals surface area contributed by atoms with Gasteiger partial charge in [-0.05, 0) is 24.1 Å². The van der Waals surface area contributed by atoms with Crippen molar-refractivity contribution in [1.29, 1.82) is 0 Å². The molecule has 0 aliphatic rings. The second-order valence-corrected chi connectivity index (χ2v) is 3.14. The van der Waals surface area contributed by atoms with Crippen LogP contribution in [-0.2, 0) is 11.2 Å². The highest BCUT2D eigenvalue weighted by Crippen LogP contribution is 2.09. The molecule has 0 bridgehead atoms. The summed E-state index contributed by atoms with van der Waals surface area (Å²) in [5.41, 5.74) is 5.89. The summed E-state index contributed by atoms with van der Waals surface area (Å²) in [4.78, 5) is 10.7. The van der Waals surface area contributed by atoms with Crippen molar-refractivity contribution in [2.24, 2.45) is 11.7 Å². The first-order chi connectivity index (χ1) is 6.09. The number of amides is 1. The first-order valence-corrected chi connectivity index (χ1v) is 4.13. The third-order valence-electron chi connectivity index (χ3n) is 1.92. The summed E-state index contributed by atoms with van der Waals surface area (Å²) in [6.45, 7) is 1.73. The van der Waals surface area contributed by atoms with E-state index in [-0.39, 0.29) is 17.6 Å². The average molecular weight is 181 g/mol. The third-order valence-corrected chi connectivity index (χ3v) is 1.92. The minimum absolute atomic E-state index is 0.248. The lowest BCUT2D eigenvalue weighted by atomic mass is 10.0. The Hall–Kier alpha value is -1.38. The van der Waals surface area contributed by atoms with Crippen molar-refractivity contribution in [3.8, 4) is 0 Å². The number of rotatable bonds is 3. The van der Waals surface area contributed by atoms with E-state index in [1.807, 2.05) is 0 Å². The van der Waals surface area contributed by atoms with Crippen LogP contribution in [0.2, 0.25) is 0 Å². The van der Waals surface area contributed by atoms with Crippen molar-refractivity contribution in [1.82, 2.24) is 0 Å². The van der Waals surface area contributed by atoms with Gasteiger partial charge in [-0.1, -0.05) is 19.1 Å². The van der Waals surface area contributed by atoms with Crippen molar-refractivity contribution >= 4 is 5.91 Å². The van der Waals surface area contributed by atoms with Crippen LogP contribution in [0.5, 0.6) is 0 Å². The summed E-state index contributed by atoms with van der Waals surface area (Å²) in [5.74, 6) is -0.889. The van der Waals surface area contributed by atoms with Crippen molar-refractivity contribution in [3.05, 3.63) is 35.6 Å². The molecule has 13 heavy (non-hydrogen) atoms. The highest BCUT2D eigenvalue weighted by molar-refractivity contribution is 5.76. The Kier molecular flexibility index (Phi) is 3.01. The Morgan fingerprint density at radius 2 is 2.31 bits per heavy atom. The lowest BCUT2D eigenvalue weighted by Gasteiger charge is -2.06. The van der Waals surface area contributed by atoms with Crippen LogP contribution >= 0.6 is 0 Å². The van der Waals surface area contributed by atoms with E-state index in [0.717, 1.165) is 5.56 Å². The zero-order chi connectivity index (χ0) is 9.84. The van der Waals surface area contributed by atoms with Crippen molar-refractivity contribution in [3.63, 3.8) is 0 Å². The molecule has 1 rings (SSSR count). The molecule has 0 radical (unpaired) electrons. The van der Waals surface area contributed by atoms with E-state index >= 15 is 0 Å². The Labute approximate surface area is 76.6 Å². The van der Waals surface area contributed by atoms with E-state index in [0.29, 0.717) is 6.42 Å². The van der Waals surface area contributed by atoms with E-state index < -0.39 is 0 Å². The molecule has 0 fully saturated rings. The van der Waals surface area contributed by atoms with Gasteiger partial charge in [-0.25, -0.2) is 4.39 Å². The molecule has 0 aromatic heterocycles. The fraction of sp³-hybridized carbons (Fsp3) is 0.300. The predicted octanol–water partition coefficient (Wildman–Crippen LogP) is 1.49. The lowest BCUT2D eigenvalue weighted by Crippen LogP contribution is -2.22. The highest BCUT2D eigenvalue weighted by atomic mass is 19.1. The van der Waals surface area contributed by atoms with E-state index in [4.69, 9.17) is 5.73 Å². The van der Waals surface area contributed by atoms with Gasteiger partial charge in [-0.3, -0.25) is 4.79 Å². The second-order valence-electron chi connectivity index (χ2n) is 3.14. The van der Waals surface area contributed by atoms with E-state index in [1.54, 1.807) is 19.1 Å². The number of carbonyl (C=O) groups excluding carboxylic acids is 1. The van der Waals surface area contributed by atoms with E-state index in [1.165, 1.54) is 12.1 Å². The topological polar surface area (TPSA) is 43.1 Å². The Morgan fingerprint density at radius 1 is 1.62 bits per heavy atom. The standard InChI is InChI=1S/C10H12FNO/c1-7(10(12)13)5-8-3-2-4-9(11)6-8/h2-4,6-7H,5H2,1H3,(H2,12,13). The average Bonchev–Trinajstić information content (AvgIpc) is 2.04. The van der Waals surface area contributed by atoms with Gasteiger partial charge in [0.2, 0.25) is 5.91 Å². The largest absolute Gasteiger partial charge is 0.369 e. The maximum absolute atomic E-state index is 12.7. The van der Waals surface area contributed by atoms with Gasteiger partial charge in [-0.15, -0.1) is 0 Å². The van der Waals surface area contributed by atoms with Gasteiger partial charge in [0.05, 0.1) is 0 Å². The number of hydrogen-bond donors (Lipinski definition) is 1. The zero-order valence-corrected chi connectivity index (χ0v) is 7.46. The quantitative estimate of drug-likeness (QED) is 0.754. The molecule has 2 nitrogen and oxygen atoms in total. The van der Waals surface area contributed by atoms with Gasteiger partial charge in [-0.2, -0.15) is 0 Å². The Morgan fingerprint density at radius 3 is 2.85 bits per heavy atom. The molecule has 0 aliphatic heterocycles. The maximum atomic E-state index is 12.7. The number of carbonyl (C=O) groups is 1. The molecular formula is C10H12FNO. The van der Waals surface area contributed by atoms with Crippen LogP contribution < -0.4 is 5.73 Å². The molecule has 0 spiro atoms. The predicted molar refractivity (Wildman–Crippen MR) is 48.5 cm³/mol. The highest BCUT2D eigenvalue weighted by Gasteiger charge is 2.09. The first kappa shape index (κ1) is 9.71. The number of nitrogens with two attached hydrogens (primary N) is 1. The molecule has 1 unspecified atom stereocenters. The molecule has 1 aromatic rings. The fourth-order valence-corrected chi connectivity index (χ4v) is 1.12. The minimum atomic E-state index is -0.357. The van der Waals surface area contributed by atoms with Crippen LogP contribution in [0.25, 0.3) is 0 Å². The summed E-state index contributed by atoms with van der Waals surface area (Å²) in [6, 6.07) is 6.19. The van der Waals surface area contributed by atoms with Crippen LogP contribution in [0.15, 0.2) is 24.3 Å². The van der Waals surface area contributed by atoms with Crippen molar-refractivity contribution < 1.29 is 9.18 Å². The van der Waals surface area contributed by atoms with Crippen molar-refractivity contribution in [2.45, 2.75) is 13.3 Å². The molecule has 1 amide bonds. The molecule has 0 saturated heterocycles. The lowest BCUT2D eigenvalue weighted by molar-refractivity contribution is -0.121. The first-order valence-electron chi connectivity index (χ1n) is 4.13. The maximum Gasteiger partial charge on any atom is 0.220 e. The summed E-state index contributed by atoms with van der Waals surface area (Å²) in [5, 5.41) is 0. The normalized spacial score (nSPS) is 12.5. The van der Waals surface area contributed by atoms with Gasteiger partial charge < -0.3 is 5.73 Å². The number of hydrogen-bond acceptors (Lipinski definition) is 1. The summed E-state index contributed by atoms with van der Waals surface area (Å²) < 4.78 is 12.7. The minimum Gasteiger partial charge on any atom is -0.369 e. The van der Waals surface area contributed by atoms with E-state index in [2.05, 4.69) is 0 Å². The molecule has 0 aliphatic carbocycles. The zero-order valence-electron chi connectivity index (χ0n) is 7.46. The molecule has 1 atom stereocenters.